The SMILES string of the molecule is Cc1ccccc1C(C)OC(=O)Nc1c(C#N)nsc1C#Cc1cc2cc(C3(C(=O)O)CC3)sc2s1. The summed E-state index contributed by atoms with van der Waals surface area (Å²) >= 11 is 4.03. The molecule has 2 N–H and O–H groups in total. The summed E-state index contributed by atoms with van der Waals surface area (Å²) in [6, 6.07) is 13.5. The van der Waals surface area contributed by atoms with E-state index in [1.54, 1.807) is 6.92 Å². The van der Waals surface area contributed by atoms with Gasteiger partial charge in [0.2, 0.25) is 0 Å². The molecule has 180 valence electrons. The Morgan fingerprint density at radius 2 is 2.00 bits per heavy atom. The third-order valence-electron chi connectivity index (χ3n) is 6.08. The lowest BCUT2D eigenvalue weighted by atomic mass is 10.1. The van der Waals surface area contributed by atoms with Crippen LogP contribution in [0.25, 0.3) is 9.40 Å². The Morgan fingerprint density at radius 1 is 1.22 bits per heavy atom. The van der Waals surface area contributed by atoms with Crippen molar-refractivity contribution in [2.75, 3.05) is 5.32 Å². The highest BCUT2D eigenvalue weighted by molar-refractivity contribution is 7.38. The zero-order valence-corrected chi connectivity index (χ0v) is 21.7. The number of aryl methyl sites for hydroxylation is 1. The molecule has 5 rings (SSSR count). The summed E-state index contributed by atoms with van der Waals surface area (Å²) in [5, 5.41) is 22.6. The van der Waals surface area contributed by atoms with Gasteiger partial charge < -0.3 is 9.84 Å². The lowest BCUT2D eigenvalue weighted by Crippen LogP contribution is -2.17. The number of aliphatic carboxylic acids is 1. The van der Waals surface area contributed by atoms with E-state index in [-0.39, 0.29) is 11.4 Å². The minimum atomic E-state index is -0.762. The van der Waals surface area contributed by atoms with Gasteiger partial charge in [-0.2, -0.15) is 9.64 Å². The Morgan fingerprint density at radius 3 is 2.67 bits per heavy atom. The fourth-order valence-electron chi connectivity index (χ4n) is 3.91. The molecule has 0 bridgehead atoms. The Hall–Kier alpha value is -3.70. The second-order valence-corrected chi connectivity index (χ2v) is 11.6. The maximum absolute atomic E-state index is 12.6. The molecule has 1 aliphatic carbocycles. The zero-order chi connectivity index (χ0) is 25.4. The van der Waals surface area contributed by atoms with Crippen LogP contribution in [0.1, 0.15) is 57.3 Å². The van der Waals surface area contributed by atoms with E-state index in [1.807, 2.05) is 49.4 Å². The number of fused-ring (bicyclic) bond motifs is 1. The average molecular weight is 534 g/mol. The minimum absolute atomic E-state index is 0.0741. The van der Waals surface area contributed by atoms with E-state index < -0.39 is 23.6 Å². The van der Waals surface area contributed by atoms with Gasteiger partial charge in [0.1, 0.15) is 28.2 Å². The highest BCUT2D eigenvalue weighted by Gasteiger charge is 2.53. The number of benzene rings is 1. The van der Waals surface area contributed by atoms with Gasteiger partial charge in [0.15, 0.2) is 5.69 Å². The van der Waals surface area contributed by atoms with Crippen LogP contribution in [0.3, 0.4) is 0 Å². The highest BCUT2D eigenvalue weighted by atomic mass is 32.2. The van der Waals surface area contributed by atoms with Crippen LogP contribution in [0.2, 0.25) is 0 Å². The van der Waals surface area contributed by atoms with Crippen molar-refractivity contribution in [1.29, 1.82) is 5.26 Å². The van der Waals surface area contributed by atoms with Crippen LogP contribution in [0.4, 0.5) is 10.5 Å². The molecule has 3 aromatic heterocycles. The predicted molar refractivity (Wildman–Crippen MR) is 141 cm³/mol. The van der Waals surface area contributed by atoms with Crippen molar-refractivity contribution < 1.29 is 19.4 Å². The molecule has 1 aliphatic rings. The van der Waals surface area contributed by atoms with Crippen molar-refractivity contribution in [3.8, 4) is 17.9 Å². The summed E-state index contributed by atoms with van der Waals surface area (Å²) in [5.74, 6) is 5.34. The van der Waals surface area contributed by atoms with Crippen LogP contribution in [0.15, 0.2) is 36.4 Å². The molecule has 4 aromatic rings. The predicted octanol–water partition coefficient (Wildman–Crippen LogP) is 6.43. The van der Waals surface area contributed by atoms with Crippen LogP contribution < -0.4 is 5.32 Å². The normalized spacial score (nSPS) is 14.4. The first-order valence-electron chi connectivity index (χ1n) is 11.0. The molecule has 0 saturated heterocycles. The standard InChI is InChI=1S/C26H19N3O4S3/c1-14-5-3-4-6-18(14)15(2)33-25(32)28-22-19(13-27)29-36-20(22)8-7-17-11-16-12-21(35-23(16)34-17)26(9-10-26)24(30)31/h3-6,11-12,15H,9-10H2,1-2H3,(H,28,32)(H,30,31). The van der Waals surface area contributed by atoms with E-state index in [2.05, 4.69) is 21.5 Å². The first-order chi connectivity index (χ1) is 17.3. The van der Waals surface area contributed by atoms with Crippen LogP contribution in [0, 0.1) is 30.1 Å². The van der Waals surface area contributed by atoms with Crippen LogP contribution in [0.5, 0.6) is 0 Å². The summed E-state index contributed by atoms with van der Waals surface area (Å²) in [7, 11) is 0. The van der Waals surface area contributed by atoms with Gasteiger partial charge in [0, 0.05) is 10.3 Å². The third-order valence-corrected chi connectivity index (χ3v) is 9.35. The average Bonchev–Trinajstić information content (AvgIpc) is 3.23. The lowest BCUT2D eigenvalue weighted by molar-refractivity contribution is -0.139. The van der Waals surface area contributed by atoms with E-state index in [4.69, 9.17) is 4.74 Å². The van der Waals surface area contributed by atoms with Gasteiger partial charge in [0.25, 0.3) is 0 Å². The molecule has 1 atom stereocenters. The van der Waals surface area contributed by atoms with Crippen LogP contribution in [-0.2, 0) is 14.9 Å². The minimum Gasteiger partial charge on any atom is -0.481 e. The summed E-state index contributed by atoms with van der Waals surface area (Å²) < 4.78 is 10.7. The molecule has 0 aliphatic heterocycles. The van der Waals surface area contributed by atoms with Crippen LogP contribution >= 0.6 is 34.2 Å². The number of carboxylic acids is 1. The quantitative estimate of drug-likeness (QED) is 0.286. The van der Waals surface area contributed by atoms with Gasteiger partial charge in [-0.3, -0.25) is 10.1 Å². The zero-order valence-electron chi connectivity index (χ0n) is 19.2. The Bertz CT molecular complexity index is 1580. The topological polar surface area (TPSA) is 112 Å². The fraction of sp³-hybridized carbons (Fsp3) is 0.231. The van der Waals surface area contributed by atoms with Gasteiger partial charge in [-0.05, 0) is 73.3 Å². The van der Waals surface area contributed by atoms with E-state index in [0.717, 1.165) is 41.8 Å². The lowest BCUT2D eigenvalue weighted by Gasteiger charge is -2.16. The number of thiophene rings is 2. The molecule has 0 radical (unpaired) electrons. The number of nitrogens with one attached hydrogen (secondary N) is 1. The van der Waals surface area contributed by atoms with E-state index in [1.165, 1.54) is 22.7 Å². The number of hydrogen-bond donors (Lipinski definition) is 2. The molecule has 10 heteroatoms. The first-order valence-corrected chi connectivity index (χ1v) is 13.4. The Kier molecular flexibility index (Phi) is 6.27. The fourth-order valence-corrected chi connectivity index (χ4v) is 7.10. The number of aromatic nitrogens is 1. The summed E-state index contributed by atoms with van der Waals surface area (Å²) in [4.78, 5) is 26.4. The molecule has 3 heterocycles. The first kappa shape index (κ1) is 24.0. The largest absolute Gasteiger partial charge is 0.481 e. The Labute approximate surface area is 219 Å². The number of rotatable bonds is 5. The maximum atomic E-state index is 12.6. The molecule has 36 heavy (non-hydrogen) atoms. The van der Waals surface area contributed by atoms with Crippen molar-refractivity contribution >= 4 is 61.4 Å². The smallest absolute Gasteiger partial charge is 0.412 e. The highest BCUT2D eigenvalue weighted by Crippen LogP contribution is 2.52. The van der Waals surface area contributed by atoms with Gasteiger partial charge in [-0.1, -0.05) is 24.3 Å². The van der Waals surface area contributed by atoms with Gasteiger partial charge >= 0.3 is 12.1 Å². The van der Waals surface area contributed by atoms with Gasteiger partial charge in [-0.15, -0.1) is 22.7 Å². The summed E-state index contributed by atoms with van der Waals surface area (Å²) in [6.45, 7) is 3.73. The van der Waals surface area contributed by atoms with E-state index in [0.29, 0.717) is 17.7 Å². The molecule has 0 spiro atoms. The van der Waals surface area contributed by atoms with Gasteiger partial charge in [0.05, 0.1) is 8.89 Å². The van der Waals surface area contributed by atoms with Crippen LogP contribution in [-0.4, -0.2) is 21.5 Å². The number of ether oxygens (including phenoxy) is 1. The van der Waals surface area contributed by atoms with E-state index in [9.17, 15) is 20.0 Å². The monoisotopic (exact) mass is 533 g/mol. The molecule has 1 saturated carbocycles. The number of nitrogens with zero attached hydrogens (tertiary/aromatic N) is 2. The Balaban J connectivity index is 1.33. The summed E-state index contributed by atoms with van der Waals surface area (Å²) in [6.07, 6.45) is 0.189. The number of anilines is 1. The number of carbonyl (C=O) groups is 2. The second-order valence-electron chi connectivity index (χ2n) is 8.48. The molecule has 1 aromatic carbocycles. The van der Waals surface area contributed by atoms with Crippen molar-refractivity contribution in [2.24, 2.45) is 0 Å². The number of carboxylic acid groups (broad SMARTS) is 1. The number of hydrogen-bond acceptors (Lipinski definition) is 8. The number of carbonyl (C=O) groups excluding carboxylic acids is 1. The molecule has 1 unspecified atom stereocenters. The van der Waals surface area contributed by atoms with Crippen molar-refractivity contribution in [3.63, 3.8) is 0 Å². The molecule has 7 nitrogen and oxygen atoms in total. The maximum Gasteiger partial charge on any atom is 0.412 e. The molecular formula is C26H19N3O4S3. The van der Waals surface area contributed by atoms with Gasteiger partial charge in [-0.25, -0.2) is 4.79 Å². The third kappa shape index (κ3) is 4.47. The molecule has 1 fully saturated rings. The van der Waals surface area contributed by atoms with Crippen molar-refractivity contribution in [1.82, 2.24) is 4.37 Å². The van der Waals surface area contributed by atoms with Crippen molar-refractivity contribution in [3.05, 3.63) is 67.9 Å². The molecular weight excluding hydrogens is 515 g/mol. The number of amides is 1. The number of nitriles is 1. The molecule has 1 amide bonds. The van der Waals surface area contributed by atoms with Crippen molar-refractivity contribution in [2.45, 2.75) is 38.2 Å². The summed E-state index contributed by atoms with van der Waals surface area (Å²) in [5.41, 5.74) is 1.50. The second kappa shape index (κ2) is 9.40. The van der Waals surface area contributed by atoms with E-state index >= 15 is 0 Å².